The molecule has 0 saturated heterocycles. The summed E-state index contributed by atoms with van der Waals surface area (Å²) in [5.74, 6) is -1.83. The van der Waals surface area contributed by atoms with Gasteiger partial charge >= 0.3 is 6.03 Å². The Bertz CT molecular complexity index is 783. The fourth-order valence-corrected chi connectivity index (χ4v) is 2.34. The number of aliphatic hydroxyl groups excluding tert-OH is 1. The zero-order chi connectivity index (χ0) is 17.4. The molecule has 2 aromatic heterocycles. The first-order chi connectivity index (χ1) is 11.4. The van der Waals surface area contributed by atoms with Gasteiger partial charge in [0, 0.05) is 25.0 Å². The second-order valence-corrected chi connectivity index (χ2v) is 5.20. The van der Waals surface area contributed by atoms with E-state index in [0.717, 1.165) is 4.90 Å². The quantitative estimate of drug-likeness (QED) is 0.583. The second kappa shape index (κ2) is 5.86. The van der Waals surface area contributed by atoms with Gasteiger partial charge in [-0.3, -0.25) is 0 Å². The fourth-order valence-electron chi connectivity index (χ4n) is 2.34. The van der Waals surface area contributed by atoms with Crippen LogP contribution < -0.4 is 10.6 Å². The molecule has 0 fully saturated rings. The molecule has 1 aliphatic rings. The van der Waals surface area contributed by atoms with Crippen LogP contribution in [0.5, 0.6) is 11.5 Å². The van der Waals surface area contributed by atoms with E-state index in [1.807, 2.05) is 0 Å². The van der Waals surface area contributed by atoms with Crippen molar-refractivity contribution in [1.29, 1.82) is 0 Å². The number of aliphatic hydroxyl groups is 1. The van der Waals surface area contributed by atoms with Crippen molar-refractivity contribution >= 4 is 11.9 Å². The molecule has 0 radical (unpaired) electrons. The molecule has 24 heavy (non-hydrogen) atoms. The lowest BCUT2D eigenvalue weighted by molar-refractivity contribution is 0.199. The third kappa shape index (κ3) is 2.45. The molecule has 0 bridgehead atoms. The molecule has 0 aromatic carbocycles. The van der Waals surface area contributed by atoms with Gasteiger partial charge in [-0.1, -0.05) is 5.21 Å². The number of aromatic hydroxyl groups is 2. The highest BCUT2D eigenvalue weighted by atomic mass is 16.4. The van der Waals surface area contributed by atoms with Crippen molar-refractivity contribution in [3.05, 3.63) is 29.9 Å². The van der Waals surface area contributed by atoms with Crippen LogP contribution in [0.25, 0.3) is 0 Å². The largest absolute Gasteiger partial charge is 0.502 e. The molecule has 0 aliphatic carbocycles. The Morgan fingerprint density at radius 2 is 2.12 bits per heavy atom. The maximum absolute atomic E-state index is 12.4. The first-order valence-electron chi connectivity index (χ1n) is 6.94. The number of hydrogen-bond acceptors (Lipinski definition) is 8. The SMILES string of the molecule is CN1C(=O)N(c2oc(CO)c(O)c2O)C=C(Cn2ccnn2)C1N. The van der Waals surface area contributed by atoms with E-state index in [9.17, 15) is 15.0 Å². The summed E-state index contributed by atoms with van der Waals surface area (Å²) < 4.78 is 6.70. The van der Waals surface area contributed by atoms with Crippen LogP contribution >= 0.6 is 0 Å². The summed E-state index contributed by atoms with van der Waals surface area (Å²) in [7, 11) is 1.49. The van der Waals surface area contributed by atoms with E-state index in [1.54, 1.807) is 6.20 Å². The van der Waals surface area contributed by atoms with Gasteiger partial charge in [0.2, 0.25) is 11.5 Å². The normalized spacial score (nSPS) is 18.2. The number of carbonyl (C=O) groups is 1. The van der Waals surface area contributed by atoms with Gasteiger partial charge < -0.3 is 30.4 Å². The lowest BCUT2D eigenvalue weighted by atomic mass is 10.1. The van der Waals surface area contributed by atoms with Gasteiger partial charge in [0.25, 0.3) is 5.88 Å². The molecule has 2 amide bonds. The van der Waals surface area contributed by atoms with E-state index in [0.29, 0.717) is 5.57 Å². The number of aromatic nitrogens is 3. The first-order valence-corrected chi connectivity index (χ1v) is 6.94. The number of furan rings is 1. The number of amides is 2. The maximum atomic E-state index is 12.4. The number of nitrogens with zero attached hydrogens (tertiary/aromatic N) is 5. The average Bonchev–Trinajstić information content (AvgIpc) is 3.18. The standard InChI is InChI=1S/C13H16N6O5/c1-17-11(14)7(4-18-3-2-15-16-18)5-19(13(17)23)12-10(22)9(21)8(6-20)24-12/h2-3,5,11,20-22H,4,6,14H2,1H3. The minimum Gasteiger partial charge on any atom is -0.502 e. The van der Waals surface area contributed by atoms with Crippen LogP contribution in [0.15, 0.2) is 28.6 Å². The monoisotopic (exact) mass is 336 g/mol. The van der Waals surface area contributed by atoms with Crippen LogP contribution in [0.1, 0.15) is 5.76 Å². The highest BCUT2D eigenvalue weighted by molar-refractivity contribution is 5.95. The Kier molecular flexibility index (Phi) is 3.87. The highest BCUT2D eigenvalue weighted by Gasteiger charge is 2.35. The van der Waals surface area contributed by atoms with Gasteiger partial charge in [0.15, 0.2) is 5.76 Å². The number of urea groups is 1. The lowest BCUT2D eigenvalue weighted by Crippen LogP contribution is -2.53. The Labute approximate surface area is 135 Å². The minimum absolute atomic E-state index is 0.251. The predicted molar refractivity (Wildman–Crippen MR) is 79.7 cm³/mol. The van der Waals surface area contributed by atoms with Crippen LogP contribution in [0.2, 0.25) is 0 Å². The van der Waals surface area contributed by atoms with E-state index in [2.05, 4.69) is 10.3 Å². The third-order valence-corrected chi connectivity index (χ3v) is 3.69. The zero-order valence-electron chi connectivity index (χ0n) is 12.7. The van der Waals surface area contributed by atoms with Gasteiger partial charge in [-0.25, -0.2) is 14.4 Å². The van der Waals surface area contributed by atoms with E-state index in [-0.39, 0.29) is 18.2 Å². The van der Waals surface area contributed by atoms with E-state index in [1.165, 1.54) is 29.0 Å². The van der Waals surface area contributed by atoms with Gasteiger partial charge in [0.05, 0.1) is 12.7 Å². The summed E-state index contributed by atoms with van der Waals surface area (Å²) in [6.45, 7) is -0.373. The van der Waals surface area contributed by atoms with Crippen molar-refractivity contribution < 1.29 is 24.5 Å². The maximum Gasteiger partial charge on any atom is 0.332 e. The van der Waals surface area contributed by atoms with E-state index >= 15 is 0 Å². The average molecular weight is 336 g/mol. The first kappa shape index (κ1) is 15.8. The van der Waals surface area contributed by atoms with Gasteiger partial charge in [-0.2, -0.15) is 0 Å². The molecular formula is C13H16N6O5. The number of rotatable bonds is 4. The smallest absolute Gasteiger partial charge is 0.332 e. The minimum atomic E-state index is -0.707. The molecule has 5 N–H and O–H groups in total. The van der Waals surface area contributed by atoms with Crippen LogP contribution in [0.4, 0.5) is 10.7 Å². The predicted octanol–water partition coefficient (Wildman–Crippen LogP) is -0.485. The van der Waals surface area contributed by atoms with Crippen molar-refractivity contribution in [3.63, 3.8) is 0 Å². The summed E-state index contributed by atoms with van der Waals surface area (Å²) >= 11 is 0. The van der Waals surface area contributed by atoms with Crippen molar-refractivity contribution in [2.45, 2.75) is 19.3 Å². The molecule has 3 heterocycles. The molecule has 128 valence electrons. The number of likely N-dealkylation sites (N-methyl/N-ethyl adjacent to an activating group) is 1. The molecule has 2 aromatic rings. The molecule has 1 unspecified atom stereocenters. The van der Waals surface area contributed by atoms with Crippen LogP contribution in [0, 0.1) is 0 Å². The van der Waals surface area contributed by atoms with E-state index in [4.69, 9.17) is 15.3 Å². The summed E-state index contributed by atoms with van der Waals surface area (Å²) in [6, 6.07) is -0.571. The van der Waals surface area contributed by atoms with Crippen LogP contribution in [0.3, 0.4) is 0 Å². The number of nitrogens with two attached hydrogens (primary N) is 1. The van der Waals surface area contributed by atoms with Crippen molar-refractivity contribution in [1.82, 2.24) is 19.9 Å². The van der Waals surface area contributed by atoms with Crippen molar-refractivity contribution in [2.75, 3.05) is 11.9 Å². The summed E-state index contributed by atoms with van der Waals surface area (Å²) in [4.78, 5) is 14.7. The summed E-state index contributed by atoms with van der Waals surface area (Å²) in [6.07, 6.45) is 3.83. The molecular weight excluding hydrogens is 320 g/mol. The van der Waals surface area contributed by atoms with E-state index < -0.39 is 30.3 Å². The Hall–Kier alpha value is -3.05. The van der Waals surface area contributed by atoms with Gasteiger partial charge in [-0.15, -0.1) is 5.10 Å². The number of anilines is 1. The van der Waals surface area contributed by atoms with Gasteiger partial charge in [-0.05, 0) is 0 Å². The van der Waals surface area contributed by atoms with Gasteiger partial charge in [0.1, 0.15) is 12.8 Å². The third-order valence-electron chi connectivity index (χ3n) is 3.69. The number of hydrogen-bond donors (Lipinski definition) is 4. The van der Waals surface area contributed by atoms with Crippen LogP contribution in [-0.2, 0) is 13.2 Å². The zero-order valence-corrected chi connectivity index (χ0v) is 12.7. The Balaban J connectivity index is 2.02. The molecule has 11 nitrogen and oxygen atoms in total. The van der Waals surface area contributed by atoms with Crippen molar-refractivity contribution in [3.8, 4) is 11.5 Å². The Morgan fingerprint density at radius 3 is 2.71 bits per heavy atom. The Morgan fingerprint density at radius 1 is 1.38 bits per heavy atom. The lowest BCUT2D eigenvalue weighted by Gasteiger charge is -2.35. The number of carbonyl (C=O) groups excluding carboxylic acids is 1. The molecule has 3 rings (SSSR count). The topological polar surface area (TPSA) is 154 Å². The van der Waals surface area contributed by atoms with Crippen molar-refractivity contribution in [2.24, 2.45) is 5.73 Å². The summed E-state index contributed by atoms with van der Waals surface area (Å²) in [5, 5.41) is 36.3. The molecule has 1 aliphatic heterocycles. The molecule has 11 heteroatoms. The fraction of sp³-hybridized carbons (Fsp3) is 0.308. The molecule has 1 atom stereocenters. The highest BCUT2D eigenvalue weighted by Crippen LogP contribution is 2.43. The van der Waals surface area contributed by atoms with Crippen LogP contribution in [-0.4, -0.2) is 54.5 Å². The second-order valence-electron chi connectivity index (χ2n) is 5.20. The summed E-state index contributed by atoms with van der Waals surface area (Å²) in [5.41, 5.74) is 6.62. The molecule has 0 saturated carbocycles. The molecule has 0 spiro atoms.